The van der Waals surface area contributed by atoms with E-state index in [-0.39, 0.29) is 5.91 Å². The minimum atomic E-state index is -0.314. The number of nitrogens with zero attached hydrogens (tertiary/aromatic N) is 1. The molecule has 0 saturated heterocycles. The Morgan fingerprint density at radius 3 is 2.78 bits per heavy atom. The molecule has 0 atom stereocenters. The van der Waals surface area contributed by atoms with E-state index in [9.17, 15) is 4.79 Å². The smallest absolute Gasteiger partial charge is 0.248 e. The Kier molecular flexibility index (Phi) is 4.13. The van der Waals surface area contributed by atoms with Crippen molar-refractivity contribution in [2.24, 2.45) is 0 Å². The molecule has 5 heteroatoms. The SMILES string of the molecule is N#Cc1ccc(NC(=O)/C=C/c2cc3ccccc3o2)cc1Cl. The van der Waals surface area contributed by atoms with E-state index in [1.807, 2.05) is 36.4 Å². The van der Waals surface area contributed by atoms with Crippen LogP contribution in [0.1, 0.15) is 11.3 Å². The van der Waals surface area contributed by atoms with Gasteiger partial charge in [0.25, 0.3) is 0 Å². The molecule has 0 aliphatic rings. The molecule has 1 amide bonds. The average molecular weight is 323 g/mol. The summed E-state index contributed by atoms with van der Waals surface area (Å²) in [5.41, 5.74) is 1.65. The Bertz CT molecular complexity index is 918. The summed E-state index contributed by atoms with van der Waals surface area (Å²) in [6.07, 6.45) is 2.98. The van der Waals surface area contributed by atoms with Crippen LogP contribution in [0.15, 0.2) is 59.0 Å². The van der Waals surface area contributed by atoms with Crippen LogP contribution in [0.3, 0.4) is 0 Å². The fraction of sp³-hybridized carbons (Fsp3) is 0. The number of benzene rings is 2. The molecule has 3 rings (SSSR count). The maximum atomic E-state index is 11.9. The molecule has 0 aliphatic carbocycles. The van der Waals surface area contributed by atoms with Crippen molar-refractivity contribution >= 4 is 40.2 Å². The van der Waals surface area contributed by atoms with Crippen LogP contribution in [0.4, 0.5) is 5.69 Å². The fourth-order valence-electron chi connectivity index (χ4n) is 2.11. The Morgan fingerprint density at radius 2 is 2.04 bits per heavy atom. The van der Waals surface area contributed by atoms with Crippen LogP contribution in [-0.4, -0.2) is 5.91 Å². The van der Waals surface area contributed by atoms with Crippen molar-refractivity contribution in [1.82, 2.24) is 0 Å². The quantitative estimate of drug-likeness (QED) is 0.716. The molecule has 3 aromatic rings. The van der Waals surface area contributed by atoms with Crippen molar-refractivity contribution in [3.8, 4) is 6.07 Å². The Hall–Kier alpha value is -3.03. The topological polar surface area (TPSA) is 66.0 Å². The van der Waals surface area contributed by atoms with Crippen LogP contribution in [0.25, 0.3) is 17.0 Å². The van der Waals surface area contributed by atoms with Gasteiger partial charge in [-0.2, -0.15) is 5.26 Å². The van der Waals surface area contributed by atoms with Gasteiger partial charge in [-0.1, -0.05) is 29.8 Å². The zero-order valence-corrected chi connectivity index (χ0v) is 12.7. The number of rotatable bonds is 3. The summed E-state index contributed by atoms with van der Waals surface area (Å²) in [6, 6.07) is 16.2. The van der Waals surface area contributed by atoms with Gasteiger partial charge in [0.15, 0.2) is 0 Å². The molecular formula is C18H11ClN2O2. The second kappa shape index (κ2) is 6.39. The van der Waals surface area contributed by atoms with Crippen molar-refractivity contribution in [2.75, 3.05) is 5.32 Å². The molecule has 0 spiro atoms. The number of halogens is 1. The van der Waals surface area contributed by atoms with Gasteiger partial charge in [-0.05, 0) is 36.4 Å². The maximum Gasteiger partial charge on any atom is 0.248 e. The Balaban J connectivity index is 1.71. The van der Waals surface area contributed by atoms with E-state index >= 15 is 0 Å². The minimum Gasteiger partial charge on any atom is -0.457 e. The lowest BCUT2D eigenvalue weighted by atomic mass is 10.2. The summed E-state index contributed by atoms with van der Waals surface area (Å²) in [5, 5.41) is 12.8. The monoisotopic (exact) mass is 322 g/mol. The van der Waals surface area contributed by atoms with Crippen LogP contribution in [0, 0.1) is 11.3 Å². The molecule has 1 N–H and O–H groups in total. The number of fused-ring (bicyclic) bond motifs is 1. The van der Waals surface area contributed by atoms with E-state index in [4.69, 9.17) is 21.3 Å². The summed E-state index contributed by atoms with van der Waals surface area (Å²) >= 11 is 5.92. The number of amides is 1. The standard InChI is InChI=1S/C18H11ClN2O2/c19-16-10-14(6-5-13(16)11-20)21-18(22)8-7-15-9-12-3-1-2-4-17(12)23-15/h1-10H,(H,21,22)/b8-7+. The van der Waals surface area contributed by atoms with Gasteiger partial charge in [0.2, 0.25) is 5.91 Å². The predicted octanol–water partition coefficient (Wildman–Crippen LogP) is 4.61. The number of carbonyl (C=O) groups excluding carboxylic acids is 1. The zero-order chi connectivity index (χ0) is 16.2. The van der Waals surface area contributed by atoms with Gasteiger partial charge < -0.3 is 9.73 Å². The molecule has 0 saturated carbocycles. The molecule has 0 aliphatic heterocycles. The molecule has 1 heterocycles. The molecular weight excluding hydrogens is 312 g/mol. The average Bonchev–Trinajstić information content (AvgIpc) is 2.96. The van der Waals surface area contributed by atoms with Crippen molar-refractivity contribution < 1.29 is 9.21 Å². The number of hydrogen-bond acceptors (Lipinski definition) is 3. The van der Waals surface area contributed by atoms with Gasteiger partial charge in [-0.3, -0.25) is 4.79 Å². The Labute approximate surface area is 137 Å². The number of carbonyl (C=O) groups is 1. The first-order valence-corrected chi connectivity index (χ1v) is 7.21. The third kappa shape index (κ3) is 3.42. The van der Waals surface area contributed by atoms with Gasteiger partial charge in [0.1, 0.15) is 17.4 Å². The van der Waals surface area contributed by atoms with E-state index in [0.29, 0.717) is 22.0 Å². The third-order valence-corrected chi connectivity index (χ3v) is 3.51. The highest BCUT2D eigenvalue weighted by Crippen LogP contribution is 2.21. The van der Waals surface area contributed by atoms with E-state index in [1.165, 1.54) is 12.1 Å². The first-order chi connectivity index (χ1) is 11.2. The number of nitrogens with one attached hydrogen (secondary N) is 1. The summed E-state index contributed by atoms with van der Waals surface area (Å²) in [4.78, 5) is 11.9. The number of nitriles is 1. The highest BCUT2D eigenvalue weighted by atomic mass is 35.5. The second-order valence-corrected chi connectivity index (χ2v) is 5.22. The zero-order valence-electron chi connectivity index (χ0n) is 11.9. The maximum absolute atomic E-state index is 11.9. The summed E-state index contributed by atoms with van der Waals surface area (Å²) in [6.45, 7) is 0. The van der Waals surface area contributed by atoms with Gasteiger partial charge in [-0.15, -0.1) is 0 Å². The van der Waals surface area contributed by atoms with Crippen molar-refractivity contribution in [1.29, 1.82) is 5.26 Å². The molecule has 0 fully saturated rings. The second-order valence-electron chi connectivity index (χ2n) is 4.82. The largest absolute Gasteiger partial charge is 0.457 e. The normalized spacial score (nSPS) is 10.8. The molecule has 112 valence electrons. The third-order valence-electron chi connectivity index (χ3n) is 3.20. The Morgan fingerprint density at radius 1 is 1.22 bits per heavy atom. The molecule has 0 bridgehead atoms. The van der Waals surface area contributed by atoms with Crippen LogP contribution in [0.5, 0.6) is 0 Å². The van der Waals surface area contributed by atoms with Crippen molar-refractivity contribution in [2.45, 2.75) is 0 Å². The summed E-state index contributed by atoms with van der Waals surface area (Å²) in [5.74, 6) is 0.283. The molecule has 0 radical (unpaired) electrons. The van der Waals surface area contributed by atoms with E-state index in [1.54, 1.807) is 18.2 Å². The number of anilines is 1. The van der Waals surface area contributed by atoms with Crippen LogP contribution in [-0.2, 0) is 4.79 Å². The lowest BCUT2D eigenvalue weighted by molar-refractivity contribution is -0.111. The van der Waals surface area contributed by atoms with E-state index in [0.717, 1.165) is 11.0 Å². The lowest BCUT2D eigenvalue weighted by Gasteiger charge is -2.03. The fourth-order valence-corrected chi connectivity index (χ4v) is 2.33. The van der Waals surface area contributed by atoms with Crippen molar-refractivity contribution in [3.05, 3.63) is 71.0 Å². The van der Waals surface area contributed by atoms with Crippen LogP contribution in [0.2, 0.25) is 5.02 Å². The van der Waals surface area contributed by atoms with Gasteiger partial charge in [0, 0.05) is 17.1 Å². The summed E-state index contributed by atoms with van der Waals surface area (Å²) in [7, 11) is 0. The molecule has 1 aromatic heterocycles. The first kappa shape index (κ1) is 14.9. The van der Waals surface area contributed by atoms with E-state index in [2.05, 4.69) is 5.32 Å². The van der Waals surface area contributed by atoms with E-state index < -0.39 is 0 Å². The number of hydrogen-bond donors (Lipinski definition) is 1. The molecule has 0 unspecified atom stereocenters. The molecule has 4 nitrogen and oxygen atoms in total. The highest BCUT2D eigenvalue weighted by molar-refractivity contribution is 6.32. The minimum absolute atomic E-state index is 0.298. The molecule has 23 heavy (non-hydrogen) atoms. The van der Waals surface area contributed by atoms with Crippen molar-refractivity contribution in [3.63, 3.8) is 0 Å². The van der Waals surface area contributed by atoms with Crippen LogP contribution >= 0.6 is 11.6 Å². The first-order valence-electron chi connectivity index (χ1n) is 6.83. The van der Waals surface area contributed by atoms with Gasteiger partial charge >= 0.3 is 0 Å². The summed E-state index contributed by atoms with van der Waals surface area (Å²) < 4.78 is 5.59. The number of para-hydroxylation sites is 1. The predicted molar refractivity (Wildman–Crippen MR) is 90.0 cm³/mol. The lowest BCUT2D eigenvalue weighted by Crippen LogP contribution is -2.07. The number of furan rings is 1. The van der Waals surface area contributed by atoms with Crippen LogP contribution < -0.4 is 5.32 Å². The van der Waals surface area contributed by atoms with Gasteiger partial charge in [-0.25, -0.2) is 0 Å². The molecule has 2 aromatic carbocycles. The highest BCUT2D eigenvalue weighted by Gasteiger charge is 2.04. The van der Waals surface area contributed by atoms with Gasteiger partial charge in [0.05, 0.1) is 10.6 Å².